The largest absolute Gasteiger partial charge is 0.505 e. The Bertz CT molecular complexity index is 882. The molecule has 0 saturated heterocycles. The van der Waals surface area contributed by atoms with Crippen LogP contribution in [-0.4, -0.2) is 5.11 Å². The van der Waals surface area contributed by atoms with Gasteiger partial charge in [0.1, 0.15) is 11.4 Å². The summed E-state index contributed by atoms with van der Waals surface area (Å²) in [6.07, 6.45) is 0. The summed E-state index contributed by atoms with van der Waals surface area (Å²) < 4.78 is 0. The summed E-state index contributed by atoms with van der Waals surface area (Å²) in [6.45, 7) is 5.99. The fraction of sp³-hybridized carbons (Fsp3) is 0.158. The normalized spacial score (nSPS) is 11.4. The Balaban J connectivity index is 2.11. The second-order valence-corrected chi connectivity index (χ2v) is 5.58. The molecule has 3 aromatic carbocycles. The van der Waals surface area contributed by atoms with Crippen LogP contribution in [0.15, 0.2) is 58.8 Å². The average Bonchev–Trinajstić information content (AvgIpc) is 2.51. The number of azo groups is 1. The van der Waals surface area contributed by atoms with Crippen molar-refractivity contribution < 1.29 is 5.11 Å². The first-order valence-electron chi connectivity index (χ1n) is 7.26. The van der Waals surface area contributed by atoms with Crippen LogP contribution in [0, 0.1) is 20.8 Å². The molecule has 0 saturated carbocycles. The first-order valence-corrected chi connectivity index (χ1v) is 7.26. The molecule has 3 heteroatoms. The molecular weight excluding hydrogens is 272 g/mol. The molecule has 3 nitrogen and oxygen atoms in total. The van der Waals surface area contributed by atoms with Crippen LogP contribution in [-0.2, 0) is 0 Å². The van der Waals surface area contributed by atoms with Crippen molar-refractivity contribution in [2.45, 2.75) is 20.8 Å². The molecule has 0 amide bonds. The lowest BCUT2D eigenvalue weighted by molar-refractivity contribution is 0.473. The maximum absolute atomic E-state index is 10.3. The zero-order valence-corrected chi connectivity index (χ0v) is 13.0. The number of aromatic hydroxyl groups is 1. The van der Waals surface area contributed by atoms with E-state index in [0.29, 0.717) is 5.69 Å². The molecular formula is C19H18N2O. The summed E-state index contributed by atoms with van der Waals surface area (Å²) in [5, 5.41) is 20.9. The Kier molecular flexibility index (Phi) is 3.63. The number of hydrogen-bond donors (Lipinski definition) is 1. The van der Waals surface area contributed by atoms with Crippen molar-refractivity contribution in [1.82, 2.24) is 0 Å². The molecule has 0 fully saturated rings. The SMILES string of the molecule is Cc1ccc(N=Nc2c(O)c(C)cc3ccccc23)cc1C. The molecule has 22 heavy (non-hydrogen) atoms. The Hall–Kier alpha value is -2.68. The lowest BCUT2D eigenvalue weighted by atomic mass is 10.0. The standard InChI is InChI=1S/C19H18N2O/c1-12-8-9-16(11-13(12)2)20-21-18-17-7-5-4-6-15(17)10-14(3)19(18)22/h4-11,22H,1-3H3. The van der Waals surface area contributed by atoms with E-state index in [9.17, 15) is 5.11 Å². The zero-order chi connectivity index (χ0) is 15.7. The third kappa shape index (κ3) is 2.58. The molecule has 3 aromatic rings. The van der Waals surface area contributed by atoms with Gasteiger partial charge in [0.15, 0.2) is 0 Å². The second-order valence-electron chi connectivity index (χ2n) is 5.58. The summed E-state index contributed by atoms with van der Waals surface area (Å²) in [5.74, 6) is 0.186. The van der Waals surface area contributed by atoms with Crippen molar-refractivity contribution in [3.8, 4) is 5.75 Å². The second kappa shape index (κ2) is 5.60. The number of aryl methyl sites for hydroxylation is 3. The lowest BCUT2D eigenvalue weighted by Crippen LogP contribution is -1.80. The van der Waals surface area contributed by atoms with E-state index in [4.69, 9.17) is 0 Å². The van der Waals surface area contributed by atoms with E-state index in [1.54, 1.807) is 0 Å². The molecule has 0 spiro atoms. The molecule has 0 aromatic heterocycles. The molecule has 0 bridgehead atoms. The van der Waals surface area contributed by atoms with Crippen LogP contribution < -0.4 is 0 Å². The Labute approximate surface area is 130 Å². The topological polar surface area (TPSA) is 45.0 Å². The fourth-order valence-electron chi connectivity index (χ4n) is 2.45. The van der Waals surface area contributed by atoms with Crippen LogP contribution in [0.4, 0.5) is 11.4 Å². The van der Waals surface area contributed by atoms with E-state index in [1.165, 1.54) is 11.1 Å². The Morgan fingerprint density at radius 1 is 0.773 bits per heavy atom. The van der Waals surface area contributed by atoms with E-state index in [0.717, 1.165) is 22.0 Å². The van der Waals surface area contributed by atoms with Crippen molar-refractivity contribution in [2.24, 2.45) is 10.2 Å². The van der Waals surface area contributed by atoms with Gasteiger partial charge in [0.25, 0.3) is 0 Å². The molecule has 110 valence electrons. The van der Waals surface area contributed by atoms with Gasteiger partial charge in [-0.2, -0.15) is 5.11 Å². The van der Waals surface area contributed by atoms with Gasteiger partial charge in [-0.15, -0.1) is 5.11 Å². The van der Waals surface area contributed by atoms with E-state index >= 15 is 0 Å². The van der Waals surface area contributed by atoms with E-state index in [1.807, 2.05) is 62.4 Å². The number of rotatable bonds is 2. The van der Waals surface area contributed by atoms with Gasteiger partial charge in [-0.05, 0) is 61.0 Å². The zero-order valence-electron chi connectivity index (χ0n) is 13.0. The highest BCUT2D eigenvalue weighted by atomic mass is 16.3. The van der Waals surface area contributed by atoms with Crippen molar-refractivity contribution in [3.05, 3.63) is 65.2 Å². The highest BCUT2D eigenvalue weighted by Crippen LogP contribution is 2.38. The lowest BCUT2D eigenvalue weighted by Gasteiger charge is -2.07. The molecule has 0 radical (unpaired) electrons. The quantitative estimate of drug-likeness (QED) is 0.588. The average molecular weight is 290 g/mol. The van der Waals surface area contributed by atoms with Gasteiger partial charge in [0.05, 0.1) is 5.69 Å². The number of phenols is 1. The number of nitrogens with zero attached hydrogens (tertiary/aromatic N) is 2. The van der Waals surface area contributed by atoms with E-state index in [-0.39, 0.29) is 5.75 Å². The predicted molar refractivity (Wildman–Crippen MR) is 90.4 cm³/mol. The Morgan fingerprint density at radius 2 is 1.55 bits per heavy atom. The summed E-state index contributed by atoms with van der Waals surface area (Å²) >= 11 is 0. The maximum Gasteiger partial charge on any atom is 0.146 e. The van der Waals surface area contributed by atoms with E-state index < -0.39 is 0 Å². The first kappa shape index (κ1) is 14.3. The minimum atomic E-state index is 0.186. The molecule has 0 heterocycles. The summed E-state index contributed by atoms with van der Waals surface area (Å²) in [6, 6.07) is 15.8. The van der Waals surface area contributed by atoms with Crippen LogP contribution in [0.2, 0.25) is 0 Å². The van der Waals surface area contributed by atoms with Gasteiger partial charge in [-0.25, -0.2) is 0 Å². The van der Waals surface area contributed by atoms with Crippen molar-refractivity contribution >= 4 is 22.1 Å². The number of fused-ring (bicyclic) bond motifs is 1. The van der Waals surface area contributed by atoms with Gasteiger partial charge >= 0.3 is 0 Å². The monoisotopic (exact) mass is 290 g/mol. The van der Waals surface area contributed by atoms with Gasteiger partial charge in [-0.3, -0.25) is 0 Å². The first-order chi connectivity index (χ1) is 10.6. The molecule has 0 aliphatic heterocycles. The third-order valence-corrected chi connectivity index (χ3v) is 3.94. The van der Waals surface area contributed by atoms with Crippen molar-refractivity contribution in [1.29, 1.82) is 0 Å². The summed E-state index contributed by atoms with van der Waals surface area (Å²) in [4.78, 5) is 0. The van der Waals surface area contributed by atoms with Crippen molar-refractivity contribution in [2.75, 3.05) is 0 Å². The third-order valence-electron chi connectivity index (χ3n) is 3.94. The number of benzene rings is 3. The van der Waals surface area contributed by atoms with Crippen LogP contribution in [0.3, 0.4) is 0 Å². The molecule has 3 rings (SSSR count). The highest BCUT2D eigenvalue weighted by molar-refractivity contribution is 5.96. The minimum absolute atomic E-state index is 0.186. The van der Waals surface area contributed by atoms with Gasteiger partial charge < -0.3 is 5.11 Å². The number of phenolic OH excluding ortho intramolecular Hbond substituents is 1. The highest BCUT2D eigenvalue weighted by Gasteiger charge is 2.09. The molecule has 0 unspecified atom stereocenters. The van der Waals surface area contributed by atoms with Crippen LogP contribution >= 0.6 is 0 Å². The Morgan fingerprint density at radius 3 is 2.32 bits per heavy atom. The van der Waals surface area contributed by atoms with Gasteiger partial charge in [0.2, 0.25) is 0 Å². The number of hydrogen-bond acceptors (Lipinski definition) is 3. The van der Waals surface area contributed by atoms with Crippen molar-refractivity contribution in [3.63, 3.8) is 0 Å². The molecule has 0 atom stereocenters. The van der Waals surface area contributed by atoms with Crippen LogP contribution in [0.25, 0.3) is 10.8 Å². The fourth-order valence-corrected chi connectivity index (χ4v) is 2.45. The summed E-state index contributed by atoms with van der Waals surface area (Å²) in [5.41, 5.74) is 4.51. The predicted octanol–water partition coefficient (Wildman–Crippen LogP) is 5.89. The van der Waals surface area contributed by atoms with Gasteiger partial charge in [0, 0.05) is 5.39 Å². The molecule has 0 aliphatic rings. The smallest absolute Gasteiger partial charge is 0.146 e. The molecule has 0 aliphatic carbocycles. The van der Waals surface area contributed by atoms with Crippen LogP contribution in [0.1, 0.15) is 16.7 Å². The van der Waals surface area contributed by atoms with Gasteiger partial charge in [-0.1, -0.05) is 30.3 Å². The summed E-state index contributed by atoms with van der Waals surface area (Å²) in [7, 11) is 0. The maximum atomic E-state index is 10.3. The van der Waals surface area contributed by atoms with E-state index in [2.05, 4.69) is 17.2 Å². The van der Waals surface area contributed by atoms with Crippen LogP contribution in [0.5, 0.6) is 5.75 Å². The minimum Gasteiger partial charge on any atom is -0.505 e. The molecule has 1 N–H and O–H groups in total.